The third kappa shape index (κ3) is 3.05. The van der Waals surface area contributed by atoms with Gasteiger partial charge in [-0.2, -0.15) is 0 Å². The number of anilines is 1. The summed E-state index contributed by atoms with van der Waals surface area (Å²) in [4.78, 5) is 16.6. The molecular formula is C15H19N3O2. The zero-order valence-electron chi connectivity index (χ0n) is 11.9. The van der Waals surface area contributed by atoms with Gasteiger partial charge in [-0.05, 0) is 26.0 Å². The van der Waals surface area contributed by atoms with E-state index < -0.39 is 5.54 Å². The van der Waals surface area contributed by atoms with Crippen LogP contribution in [-0.2, 0) is 4.74 Å². The second kappa shape index (κ2) is 5.46. The predicted molar refractivity (Wildman–Crippen MR) is 79.6 cm³/mol. The molecule has 0 aliphatic rings. The van der Waals surface area contributed by atoms with Crippen LogP contribution >= 0.6 is 0 Å². The normalized spacial score (nSPS) is 11.6. The van der Waals surface area contributed by atoms with Crippen molar-refractivity contribution in [2.75, 3.05) is 19.5 Å². The quantitative estimate of drug-likeness (QED) is 0.893. The number of nitrogens with one attached hydrogen (secondary N) is 1. The summed E-state index contributed by atoms with van der Waals surface area (Å²) in [6.07, 6.45) is 0. The molecular weight excluding hydrogens is 254 g/mol. The molecule has 0 radical (unpaired) electrons. The van der Waals surface area contributed by atoms with Crippen molar-refractivity contribution in [1.82, 2.24) is 10.3 Å². The Morgan fingerprint density at radius 2 is 2.10 bits per heavy atom. The van der Waals surface area contributed by atoms with Gasteiger partial charge in [0.15, 0.2) is 0 Å². The first-order chi connectivity index (χ1) is 9.43. The maximum Gasteiger partial charge on any atom is 0.270 e. The molecule has 1 aromatic heterocycles. The average molecular weight is 273 g/mol. The van der Waals surface area contributed by atoms with Gasteiger partial charge < -0.3 is 15.8 Å². The number of pyridine rings is 1. The van der Waals surface area contributed by atoms with Crippen LogP contribution in [0.5, 0.6) is 0 Å². The van der Waals surface area contributed by atoms with Gasteiger partial charge in [0.25, 0.3) is 5.91 Å². The minimum atomic E-state index is -0.464. The van der Waals surface area contributed by atoms with E-state index in [1.807, 2.05) is 38.1 Å². The molecule has 2 aromatic rings. The maximum absolute atomic E-state index is 12.2. The van der Waals surface area contributed by atoms with Crippen molar-refractivity contribution < 1.29 is 9.53 Å². The zero-order chi connectivity index (χ0) is 14.8. The van der Waals surface area contributed by atoms with Crippen molar-refractivity contribution in [2.45, 2.75) is 19.4 Å². The highest BCUT2D eigenvalue weighted by Gasteiger charge is 2.22. The number of hydrogen-bond donors (Lipinski definition) is 2. The Labute approximate surface area is 118 Å². The second-order valence-corrected chi connectivity index (χ2v) is 5.38. The van der Waals surface area contributed by atoms with Crippen molar-refractivity contribution in [2.24, 2.45) is 0 Å². The molecule has 1 heterocycles. The fraction of sp³-hybridized carbons (Fsp3) is 0.333. The van der Waals surface area contributed by atoms with Crippen LogP contribution < -0.4 is 11.1 Å². The summed E-state index contributed by atoms with van der Waals surface area (Å²) in [6.45, 7) is 4.19. The summed E-state index contributed by atoms with van der Waals surface area (Å²) in [7, 11) is 1.60. The third-order valence-corrected chi connectivity index (χ3v) is 2.94. The summed E-state index contributed by atoms with van der Waals surface area (Å²) in [5, 5.41) is 3.73. The SMILES string of the molecule is COCC(C)(C)NC(=O)c1cc(N)c2ccccc2n1. The number of nitrogen functional groups attached to an aromatic ring is 1. The molecule has 0 fully saturated rings. The highest BCUT2D eigenvalue weighted by atomic mass is 16.5. The number of rotatable bonds is 4. The number of fused-ring (bicyclic) bond motifs is 1. The maximum atomic E-state index is 12.2. The monoisotopic (exact) mass is 273 g/mol. The van der Waals surface area contributed by atoms with Gasteiger partial charge in [-0.15, -0.1) is 0 Å². The zero-order valence-corrected chi connectivity index (χ0v) is 11.9. The molecule has 106 valence electrons. The molecule has 2 rings (SSSR count). The lowest BCUT2D eigenvalue weighted by molar-refractivity contribution is 0.0815. The van der Waals surface area contributed by atoms with Gasteiger partial charge in [0.2, 0.25) is 0 Å². The number of benzene rings is 1. The van der Waals surface area contributed by atoms with Gasteiger partial charge in [-0.3, -0.25) is 4.79 Å². The Bertz CT molecular complexity index is 638. The van der Waals surface area contributed by atoms with Crippen molar-refractivity contribution in [1.29, 1.82) is 0 Å². The molecule has 0 saturated heterocycles. The molecule has 5 nitrogen and oxygen atoms in total. The van der Waals surface area contributed by atoms with E-state index in [2.05, 4.69) is 10.3 Å². The largest absolute Gasteiger partial charge is 0.398 e. The smallest absolute Gasteiger partial charge is 0.270 e. The highest BCUT2D eigenvalue weighted by Crippen LogP contribution is 2.20. The number of carbonyl (C=O) groups is 1. The molecule has 3 N–H and O–H groups in total. The van der Waals surface area contributed by atoms with E-state index in [0.717, 1.165) is 5.39 Å². The number of nitrogens with zero attached hydrogens (tertiary/aromatic N) is 1. The number of ether oxygens (including phenoxy) is 1. The van der Waals surface area contributed by atoms with Crippen LogP contribution in [0.25, 0.3) is 10.9 Å². The van der Waals surface area contributed by atoms with E-state index in [0.29, 0.717) is 23.5 Å². The molecule has 0 aliphatic heterocycles. The second-order valence-electron chi connectivity index (χ2n) is 5.38. The molecule has 1 amide bonds. The minimum absolute atomic E-state index is 0.260. The number of nitrogens with two attached hydrogens (primary N) is 1. The summed E-state index contributed by atoms with van der Waals surface area (Å²) >= 11 is 0. The Kier molecular flexibility index (Phi) is 3.90. The molecule has 0 spiro atoms. The molecule has 20 heavy (non-hydrogen) atoms. The van der Waals surface area contributed by atoms with Crippen LogP contribution in [0.4, 0.5) is 5.69 Å². The van der Waals surface area contributed by atoms with Gasteiger partial charge in [-0.25, -0.2) is 4.98 Å². The first kappa shape index (κ1) is 14.3. The minimum Gasteiger partial charge on any atom is -0.398 e. The fourth-order valence-electron chi connectivity index (χ4n) is 2.09. The van der Waals surface area contributed by atoms with Crippen molar-refractivity contribution in [3.05, 3.63) is 36.0 Å². The molecule has 5 heteroatoms. The molecule has 0 unspecified atom stereocenters. The topological polar surface area (TPSA) is 77.2 Å². The summed E-state index contributed by atoms with van der Waals surface area (Å²) < 4.78 is 5.08. The van der Waals surface area contributed by atoms with Crippen LogP contribution in [-0.4, -0.2) is 30.1 Å². The van der Waals surface area contributed by atoms with E-state index in [1.165, 1.54) is 0 Å². The number of methoxy groups -OCH3 is 1. The van der Waals surface area contributed by atoms with Crippen molar-refractivity contribution in [3.8, 4) is 0 Å². The van der Waals surface area contributed by atoms with E-state index in [1.54, 1.807) is 13.2 Å². The highest BCUT2D eigenvalue weighted by molar-refractivity contribution is 5.99. The Morgan fingerprint density at radius 1 is 1.40 bits per heavy atom. The molecule has 0 atom stereocenters. The number of carbonyl (C=O) groups excluding carboxylic acids is 1. The summed E-state index contributed by atoms with van der Waals surface area (Å²) in [5.41, 5.74) is 7.08. The number of amides is 1. The average Bonchev–Trinajstić information content (AvgIpc) is 2.38. The van der Waals surface area contributed by atoms with Crippen LogP contribution in [0, 0.1) is 0 Å². The van der Waals surface area contributed by atoms with E-state index in [-0.39, 0.29) is 5.91 Å². The molecule has 1 aromatic carbocycles. The number of aromatic nitrogens is 1. The first-order valence-corrected chi connectivity index (χ1v) is 6.40. The van der Waals surface area contributed by atoms with E-state index in [4.69, 9.17) is 10.5 Å². The lowest BCUT2D eigenvalue weighted by Gasteiger charge is -2.25. The van der Waals surface area contributed by atoms with Crippen LogP contribution in [0.2, 0.25) is 0 Å². The lowest BCUT2D eigenvalue weighted by atomic mass is 10.1. The van der Waals surface area contributed by atoms with Crippen molar-refractivity contribution in [3.63, 3.8) is 0 Å². The van der Waals surface area contributed by atoms with E-state index >= 15 is 0 Å². The van der Waals surface area contributed by atoms with Gasteiger partial charge in [0.1, 0.15) is 5.69 Å². The van der Waals surface area contributed by atoms with Crippen LogP contribution in [0.1, 0.15) is 24.3 Å². The van der Waals surface area contributed by atoms with Gasteiger partial charge >= 0.3 is 0 Å². The molecule has 0 bridgehead atoms. The van der Waals surface area contributed by atoms with Crippen LogP contribution in [0.15, 0.2) is 30.3 Å². The number of para-hydroxylation sites is 1. The lowest BCUT2D eigenvalue weighted by Crippen LogP contribution is -2.47. The van der Waals surface area contributed by atoms with Gasteiger partial charge in [0.05, 0.1) is 17.7 Å². The number of hydrogen-bond acceptors (Lipinski definition) is 4. The van der Waals surface area contributed by atoms with Crippen LogP contribution in [0.3, 0.4) is 0 Å². The Morgan fingerprint density at radius 3 is 2.80 bits per heavy atom. The van der Waals surface area contributed by atoms with Crippen molar-refractivity contribution >= 4 is 22.5 Å². The predicted octanol–water partition coefficient (Wildman–Crippen LogP) is 1.97. The van der Waals surface area contributed by atoms with Gasteiger partial charge in [-0.1, -0.05) is 18.2 Å². The summed E-state index contributed by atoms with van der Waals surface area (Å²) in [5.74, 6) is -0.260. The third-order valence-electron chi connectivity index (χ3n) is 2.94. The molecule has 0 saturated carbocycles. The first-order valence-electron chi connectivity index (χ1n) is 6.40. The standard InChI is InChI=1S/C15H19N3O2/c1-15(2,9-20-3)18-14(19)13-8-11(16)10-6-4-5-7-12(10)17-13/h4-8H,9H2,1-3H3,(H2,16,17)(H,18,19). The fourth-order valence-corrected chi connectivity index (χ4v) is 2.09. The van der Waals surface area contributed by atoms with Gasteiger partial charge in [0, 0.05) is 18.2 Å². The Balaban J connectivity index is 2.31. The Hall–Kier alpha value is -2.14. The molecule has 0 aliphatic carbocycles. The van der Waals surface area contributed by atoms with E-state index in [9.17, 15) is 4.79 Å². The summed E-state index contributed by atoms with van der Waals surface area (Å²) in [6, 6.07) is 9.07.